The van der Waals surface area contributed by atoms with Gasteiger partial charge in [-0.05, 0) is 17.7 Å². The van der Waals surface area contributed by atoms with Gasteiger partial charge in [-0.2, -0.15) is 0 Å². The van der Waals surface area contributed by atoms with Crippen LogP contribution in [0.4, 0.5) is 4.39 Å². The predicted octanol–water partition coefficient (Wildman–Crippen LogP) is 2.39. The van der Waals surface area contributed by atoms with Crippen molar-refractivity contribution in [1.82, 2.24) is 4.90 Å². The minimum Gasteiger partial charge on any atom is -0.503 e. The van der Waals surface area contributed by atoms with E-state index < -0.39 is 23.5 Å². The van der Waals surface area contributed by atoms with Crippen LogP contribution >= 0.6 is 0 Å². The van der Waals surface area contributed by atoms with Crippen molar-refractivity contribution in [3.8, 4) is 0 Å². The fourth-order valence-electron chi connectivity index (χ4n) is 2.63. The normalized spacial score (nSPS) is 18.2. The van der Waals surface area contributed by atoms with E-state index in [1.165, 1.54) is 36.3 Å². The summed E-state index contributed by atoms with van der Waals surface area (Å²) in [7, 11) is 1.50. The van der Waals surface area contributed by atoms with E-state index in [1.54, 1.807) is 13.8 Å². The summed E-state index contributed by atoms with van der Waals surface area (Å²) in [5, 5.41) is 10.2. The predicted molar refractivity (Wildman–Crippen MR) is 82.2 cm³/mol. The number of rotatable bonds is 6. The van der Waals surface area contributed by atoms with Crippen LogP contribution in [0.2, 0.25) is 0 Å². The van der Waals surface area contributed by atoms with Crippen molar-refractivity contribution in [2.24, 2.45) is 5.92 Å². The van der Waals surface area contributed by atoms with E-state index in [1.807, 2.05) is 0 Å². The molecule has 6 heteroatoms. The molecular weight excluding hydrogens is 301 g/mol. The van der Waals surface area contributed by atoms with E-state index >= 15 is 0 Å². The molecule has 1 aromatic carbocycles. The first-order valence-electron chi connectivity index (χ1n) is 7.41. The Bertz CT molecular complexity index is 636. The van der Waals surface area contributed by atoms with Crippen LogP contribution in [0.5, 0.6) is 0 Å². The molecule has 23 heavy (non-hydrogen) atoms. The number of aliphatic hydroxyl groups is 1. The van der Waals surface area contributed by atoms with Gasteiger partial charge >= 0.3 is 0 Å². The van der Waals surface area contributed by atoms with Crippen LogP contribution in [0, 0.1) is 11.7 Å². The smallest absolute Gasteiger partial charge is 0.290 e. The van der Waals surface area contributed by atoms with Crippen LogP contribution < -0.4 is 0 Å². The minimum absolute atomic E-state index is 0.0627. The van der Waals surface area contributed by atoms with Crippen molar-refractivity contribution in [3.05, 3.63) is 47.0 Å². The molecule has 1 aliphatic rings. The van der Waals surface area contributed by atoms with Crippen molar-refractivity contribution < 1.29 is 23.8 Å². The summed E-state index contributed by atoms with van der Waals surface area (Å²) in [5.74, 6) is -2.23. The average Bonchev–Trinajstić information content (AvgIpc) is 2.77. The molecule has 0 bridgehead atoms. The molecule has 0 aromatic heterocycles. The highest BCUT2D eigenvalue weighted by Gasteiger charge is 2.43. The maximum Gasteiger partial charge on any atom is 0.290 e. The number of methoxy groups -OCH3 is 1. The quantitative estimate of drug-likeness (QED) is 0.873. The Labute approximate surface area is 134 Å². The Hall–Kier alpha value is -2.21. The van der Waals surface area contributed by atoms with Crippen molar-refractivity contribution in [1.29, 1.82) is 0 Å². The van der Waals surface area contributed by atoms with Crippen LogP contribution in [0.3, 0.4) is 0 Å². The largest absolute Gasteiger partial charge is 0.503 e. The van der Waals surface area contributed by atoms with Gasteiger partial charge in [0.15, 0.2) is 11.5 Å². The molecule has 0 spiro atoms. The molecule has 1 amide bonds. The second kappa shape index (κ2) is 6.91. The Balaban J connectivity index is 2.49. The second-order valence-corrected chi connectivity index (χ2v) is 5.73. The lowest BCUT2D eigenvalue weighted by Crippen LogP contribution is -2.34. The highest BCUT2D eigenvalue weighted by atomic mass is 19.1. The topological polar surface area (TPSA) is 66.8 Å². The van der Waals surface area contributed by atoms with E-state index in [0.717, 1.165) is 0 Å². The van der Waals surface area contributed by atoms with Crippen molar-refractivity contribution >= 4 is 11.7 Å². The molecule has 2 rings (SSSR count). The van der Waals surface area contributed by atoms with Gasteiger partial charge in [0.05, 0.1) is 18.2 Å². The number of aliphatic hydroxyl groups excluding tert-OH is 1. The zero-order valence-electron chi connectivity index (χ0n) is 13.4. The Morgan fingerprint density at radius 3 is 2.48 bits per heavy atom. The van der Waals surface area contributed by atoms with Crippen molar-refractivity contribution in [3.63, 3.8) is 0 Å². The van der Waals surface area contributed by atoms with E-state index in [-0.39, 0.29) is 30.4 Å². The Morgan fingerprint density at radius 2 is 1.96 bits per heavy atom. The number of amides is 1. The van der Waals surface area contributed by atoms with E-state index in [2.05, 4.69) is 0 Å². The SMILES string of the molecule is COCCN1C(=O)C(O)=C(C(=O)C(C)C)C1c1ccc(F)cc1. The molecule has 1 aliphatic heterocycles. The number of hydrogen-bond donors (Lipinski definition) is 1. The molecule has 124 valence electrons. The molecule has 0 saturated carbocycles. The average molecular weight is 321 g/mol. The molecule has 1 heterocycles. The molecule has 1 N–H and O–H groups in total. The Kier molecular flexibility index (Phi) is 5.15. The number of carbonyl (C=O) groups is 2. The first-order chi connectivity index (χ1) is 10.9. The summed E-state index contributed by atoms with van der Waals surface area (Å²) >= 11 is 0. The highest BCUT2D eigenvalue weighted by molar-refractivity contribution is 6.09. The number of carbonyl (C=O) groups excluding carboxylic acids is 2. The van der Waals surface area contributed by atoms with Crippen LogP contribution in [0.1, 0.15) is 25.5 Å². The van der Waals surface area contributed by atoms with Gasteiger partial charge in [0.1, 0.15) is 5.82 Å². The lowest BCUT2D eigenvalue weighted by atomic mass is 9.91. The van der Waals surface area contributed by atoms with Gasteiger partial charge in [-0.25, -0.2) is 4.39 Å². The summed E-state index contributed by atoms with van der Waals surface area (Å²) < 4.78 is 18.2. The van der Waals surface area contributed by atoms with Gasteiger partial charge in [0, 0.05) is 19.6 Å². The lowest BCUT2D eigenvalue weighted by molar-refractivity contribution is -0.130. The number of nitrogens with zero attached hydrogens (tertiary/aromatic N) is 1. The molecule has 0 fully saturated rings. The molecule has 0 saturated heterocycles. The standard InChI is InChI=1S/C17H20FNO4/c1-10(2)15(20)13-14(11-4-6-12(18)7-5-11)19(8-9-23-3)17(22)16(13)21/h4-7,10,14,21H,8-9H2,1-3H3. The molecule has 5 nitrogen and oxygen atoms in total. The fraction of sp³-hybridized carbons (Fsp3) is 0.412. The fourth-order valence-corrected chi connectivity index (χ4v) is 2.63. The van der Waals surface area contributed by atoms with E-state index in [4.69, 9.17) is 4.74 Å². The first kappa shape index (κ1) is 17.1. The number of ether oxygens (including phenoxy) is 1. The third-order valence-corrected chi connectivity index (χ3v) is 3.82. The van der Waals surface area contributed by atoms with Crippen molar-refractivity contribution in [2.45, 2.75) is 19.9 Å². The third-order valence-electron chi connectivity index (χ3n) is 3.82. The van der Waals surface area contributed by atoms with Gasteiger partial charge in [-0.15, -0.1) is 0 Å². The molecule has 0 aliphatic carbocycles. The maximum atomic E-state index is 13.2. The highest BCUT2D eigenvalue weighted by Crippen LogP contribution is 2.38. The lowest BCUT2D eigenvalue weighted by Gasteiger charge is -2.27. The zero-order chi connectivity index (χ0) is 17.1. The molecular formula is C17H20FNO4. The summed E-state index contributed by atoms with van der Waals surface area (Å²) in [6, 6.07) is 4.83. The monoisotopic (exact) mass is 321 g/mol. The summed E-state index contributed by atoms with van der Waals surface area (Å²) in [6.45, 7) is 3.88. The van der Waals surface area contributed by atoms with Crippen LogP contribution in [-0.2, 0) is 14.3 Å². The van der Waals surface area contributed by atoms with Crippen LogP contribution in [-0.4, -0.2) is 42.0 Å². The number of benzene rings is 1. The summed E-state index contributed by atoms with van der Waals surface area (Å²) in [6.07, 6.45) is 0. The Morgan fingerprint density at radius 1 is 1.35 bits per heavy atom. The number of Topliss-reactive ketones (excluding diaryl/α,β-unsaturated/α-hetero) is 1. The number of hydrogen-bond acceptors (Lipinski definition) is 4. The summed E-state index contributed by atoms with van der Waals surface area (Å²) in [4.78, 5) is 26.2. The molecule has 1 aromatic rings. The second-order valence-electron chi connectivity index (χ2n) is 5.73. The van der Waals surface area contributed by atoms with Gasteiger partial charge in [-0.1, -0.05) is 26.0 Å². The number of ketones is 1. The molecule has 1 unspecified atom stereocenters. The van der Waals surface area contributed by atoms with E-state index in [9.17, 15) is 19.1 Å². The van der Waals surface area contributed by atoms with Crippen LogP contribution in [0.15, 0.2) is 35.6 Å². The maximum absolute atomic E-state index is 13.2. The molecule has 1 atom stereocenters. The van der Waals surface area contributed by atoms with E-state index in [0.29, 0.717) is 5.56 Å². The minimum atomic E-state index is -0.729. The van der Waals surface area contributed by atoms with Gasteiger partial charge in [0.2, 0.25) is 0 Å². The zero-order valence-corrected chi connectivity index (χ0v) is 13.4. The van der Waals surface area contributed by atoms with Crippen molar-refractivity contribution in [2.75, 3.05) is 20.3 Å². The van der Waals surface area contributed by atoms with Gasteiger partial charge in [0.25, 0.3) is 5.91 Å². The van der Waals surface area contributed by atoms with Crippen LogP contribution in [0.25, 0.3) is 0 Å². The van der Waals surface area contributed by atoms with Gasteiger partial charge < -0.3 is 14.7 Å². The first-order valence-corrected chi connectivity index (χ1v) is 7.41. The third kappa shape index (κ3) is 3.27. The summed E-state index contributed by atoms with van der Waals surface area (Å²) in [5.41, 5.74) is 0.636. The van der Waals surface area contributed by atoms with Gasteiger partial charge in [-0.3, -0.25) is 9.59 Å². The molecule has 0 radical (unpaired) electrons. The number of halogens is 1.